The third-order valence-electron chi connectivity index (χ3n) is 3.47. The normalized spacial score (nSPS) is 19.8. The van der Waals surface area contributed by atoms with Crippen LogP contribution in [-0.2, 0) is 15.1 Å². The molecule has 126 valence electrons. The highest BCUT2D eigenvalue weighted by Crippen LogP contribution is 2.30. The lowest BCUT2D eigenvalue weighted by Crippen LogP contribution is -2.45. The van der Waals surface area contributed by atoms with Gasteiger partial charge >= 0.3 is 12.1 Å². The van der Waals surface area contributed by atoms with Gasteiger partial charge in [0.05, 0.1) is 4.92 Å². The first-order valence-electron chi connectivity index (χ1n) is 6.63. The first-order chi connectivity index (χ1) is 11.1. The Kier molecular flexibility index (Phi) is 4.18. The third-order valence-corrected chi connectivity index (χ3v) is 3.47. The van der Waals surface area contributed by atoms with Crippen molar-refractivity contribution < 1.29 is 24.1 Å². The molecule has 1 unspecified atom stereocenters. The largest absolute Gasteiger partial charge is 0.351 e. The Balaban J connectivity index is 2.29. The van der Waals surface area contributed by atoms with Crippen molar-refractivity contribution in [1.82, 2.24) is 15.5 Å². The number of urea groups is 2. The number of primary amides is 1. The molecule has 1 heterocycles. The molecule has 0 aliphatic carbocycles. The second-order valence-corrected chi connectivity index (χ2v) is 5.17. The molecule has 1 aromatic rings. The number of carbonyl (C=O) groups is 4. The van der Waals surface area contributed by atoms with Crippen LogP contribution in [0, 0.1) is 10.1 Å². The minimum Gasteiger partial charge on any atom is -0.351 e. The minimum atomic E-state index is -1.57. The van der Waals surface area contributed by atoms with Gasteiger partial charge in [0.1, 0.15) is 12.1 Å². The average Bonchev–Trinajstić information content (AvgIpc) is 2.71. The molecule has 1 aliphatic rings. The van der Waals surface area contributed by atoms with E-state index in [1.807, 2.05) is 0 Å². The van der Waals surface area contributed by atoms with Gasteiger partial charge in [-0.05, 0) is 12.5 Å². The lowest BCUT2D eigenvalue weighted by molar-refractivity contribution is -0.385. The molecular weight excluding hydrogens is 322 g/mol. The van der Waals surface area contributed by atoms with Crippen LogP contribution in [0.5, 0.6) is 0 Å². The molecule has 2 rings (SSSR count). The standard InChI is InChI=1S/C13H13N5O6/c1-13(7-3-2-4-8(5-7)18(23)24)10(20)17(12(22)16-13)6-9(19)15-11(14)21/h2-5H,6H2,1H3,(H,16,22)(H3,14,15,19,21). The lowest BCUT2D eigenvalue weighted by Gasteiger charge is -2.21. The van der Waals surface area contributed by atoms with Crippen LogP contribution in [0.3, 0.4) is 0 Å². The number of nitro benzene ring substituents is 1. The first-order valence-corrected chi connectivity index (χ1v) is 6.63. The van der Waals surface area contributed by atoms with Crippen molar-refractivity contribution in [1.29, 1.82) is 0 Å². The van der Waals surface area contributed by atoms with Gasteiger partial charge in [0, 0.05) is 12.1 Å². The lowest BCUT2D eigenvalue weighted by atomic mass is 9.91. The number of rotatable bonds is 4. The van der Waals surface area contributed by atoms with Crippen molar-refractivity contribution >= 4 is 29.6 Å². The monoisotopic (exact) mass is 335 g/mol. The Morgan fingerprint density at radius 1 is 1.42 bits per heavy atom. The van der Waals surface area contributed by atoms with Gasteiger partial charge in [-0.3, -0.25) is 29.9 Å². The Hall–Kier alpha value is -3.50. The summed E-state index contributed by atoms with van der Waals surface area (Å²) in [6.07, 6.45) is 0. The number of carbonyl (C=O) groups excluding carboxylic acids is 4. The molecule has 24 heavy (non-hydrogen) atoms. The number of hydrogen-bond donors (Lipinski definition) is 3. The van der Waals surface area contributed by atoms with Gasteiger partial charge in [0.2, 0.25) is 5.91 Å². The van der Waals surface area contributed by atoms with Crippen LogP contribution in [0.25, 0.3) is 0 Å². The summed E-state index contributed by atoms with van der Waals surface area (Å²) >= 11 is 0. The molecular formula is C13H13N5O6. The number of nitrogens with zero attached hydrogens (tertiary/aromatic N) is 2. The van der Waals surface area contributed by atoms with Crippen LogP contribution in [0.4, 0.5) is 15.3 Å². The highest BCUT2D eigenvalue weighted by Gasteiger charge is 2.49. The predicted octanol–water partition coefficient (Wildman–Crippen LogP) is -0.443. The van der Waals surface area contributed by atoms with Gasteiger partial charge in [-0.1, -0.05) is 12.1 Å². The third kappa shape index (κ3) is 2.99. The highest BCUT2D eigenvalue weighted by molar-refractivity contribution is 6.10. The van der Waals surface area contributed by atoms with Crippen LogP contribution in [-0.4, -0.2) is 40.2 Å². The molecule has 6 amide bonds. The van der Waals surface area contributed by atoms with Crippen molar-refractivity contribution in [2.45, 2.75) is 12.5 Å². The van der Waals surface area contributed by atoms with E-state index in [0.717, 1.165) is 6.07 Å². The molecule has 0 bridgehead atoms. The van der Waals surface area contributed by atoms with E-state index in [1.54, 1.807) is 5.32 Å². The highest BCUT2D eigenvalue weighted by atomic mass is 16.6. The summed E-state index contributed by atoms with van der Waals surface area (Å²) < 4.78 is 0. The fraction of sp³-hybridized carbons (Fsp3) is 0.231. The van der Waals surface area contributed by atoms with E-state index in [2.05, 4.69) is 5.32 Å². The number of nitrogens with two attached hydrogens (primary N) is 1. The Morgan fingerprint density at radius 2 is 2.08 bits per heavy atom. The fourth-order valence-electron chi connectivity index (χ4n) is 2.29. The predicted molar refractivity (Wildman–Crippen MR) is 78.4 cm³/mol. The van der Waals surface area contributed by atoms with Crippen molar-refractivity contribution in [3.63, 3.8) is 0 Å². The molecule has 0 spiro atoms. The topological polar surface area (TPSA) is 165 Å². The summed E-state index contributed by atoms with van der Waals surface area (Å²) in [5.74, 6) is -1.72. The Bertz CT molecular complexity index is 763. The minimum absolute atomic E-state index is 0.188. The fourth-order valence-corrected chi connectivity index (χ4v) is 2.29. The molecule has 1 aromatic carbocycles. The smallest absolute Gasteiger partial charge is 0.325 e. The first kappa shape index (κ1) is 16.9. The molecule has 0 saturated carbocycles. The van der Waals surface area contributed by atoms with Gasteiger partial charge in [-0.15, -0.1) is 0 Å². The quantitative estimate of drug-likeness (QED) is 0.383. The number of benzene rings is 1. The van der Waals surface area contributed by atoms with Crippen LogP contribution in [0.15, 0.2) is 24.3 Å². The molecule has 1 saturated heterocycles. The van der Waals surface area contributed by atoms with E-state index in [-0.39, 0.29) is 11.3 Å². The van der Waals surface area contributed by atoms with E-state index in [1.165, 1.54) is 25.1 Å². The number of nitro groups is 1. The Morgan fingerprint density at radius 3 is 2.67 bits per heavy atom. The molecule has 11 nitrogen and oxygen atoms in total. The maximum absolute atomic E-state index is 12.5. The van der Waals surface area contributed by atoms with Gasteiger partial charge < -0.3 is 11.1 Å². The van der Waals surface area contributed by atoms with Crippen molar-refractivity contribution in [2.24, 2.45) is 5.73 Å². The molecule has 1 aliphatic heterocycles. The maximum Gasteiger partial charge on any atom is 0.325 e. The number of imide groups is 2. The summed E-state index contributed by atoms with van der Waals surface area (Å²) in [7, 11) is 0. The number of hydrogen-bond acceptors (Lipinski definition) is 6. The Labute approximate surface area is 134 Å². The number of nitrogens with one attached hydrogen (secondary N) is 2. The zero-order chi connectivity index (χ0) is 18.1. The van der Waals surface area contributed by atoms with Crippen molar-refractivity contribution in [2.75, 3.05) is 6.54 Å². The summed E-state index contributed by atoms with van der Waals surface area (Å²) in [6, 6.07) is 3.23. The molecule has 0 radical (unpaired) electrons. The summed E-state index contributed by atoms with van der Waals surface area (Å²) in [4.78, 5) is 57.4. The van der Waals surface area contributed by atoms with Crippen molar-refractivity contribution in [3.05, 3.63) is 39.9 Å². The molecule has 0 aromatic heterocycles. The second-order valence-electron chi connectivity index (χ2n) is 5.17. The van der Waals surface area contributed by atoms with Gasteiger partial charge in [-0.2, -0.15) is 0 Å². The number of amides is 6. The van der Waals surface area contributed by atoms with E-state index < -0.39 is 40.9 Å². The van der Waals surface area contributed by atoms with E-state index in [0.29, 0.717) is 4.90 Å². The molecule has 1 fully saturated rings. The summed E-state index contributed by atoms with van der Waals surface area (Å²) in [5.41, 5.74) is 3.15. The van der Waals surface area contributed by atoms with Crippen LogP contribution < -0.4 is 16.4 Å². The van der Waals surface area contributed by atoms with Gasteiger partial charge in [0.25, 0.3) is 11.6 Å². The summed E-state index contributed by atoms with van der Waals surface area (Å²) in [5, 5.41) is 15.0. The molecule has 11 heteroatoms. The van der Waals surface area contributed by atoms with Gasteiger partial charge in [-0.25, -0.2) is 9.59 Å². The van der Waals surface area contributed by atoms with Crippen LogP contribution in [0.1, 0.15) is 12.5 Å². The SMILES string of the molecule is CC1(c2cccc([N+](=O)[O-])c2)NC(=O)N(CC(=O)NC(N)=O)C1=O. The second kappa shape index (κ2) is 5.95. The maximum atomic E-state index is 12.5. The molecule has 4 N–H and O–H groups in total. The molecule has 1 atom stereocenters. The van der Waals surface area contributed by atoms with Crippen LogP contribution in [0.2, 0.25) is 0 Å². The average molecular weight is 335 g/mol. The van der Waals surface area contributed by atoms with E-state index >= 15 is 0 Å². The van der Waals surface area contributed by atoms with E-state index in [4.69, 9.17) is 5.73 Å². The zero-order valence-corrected chi connectivity index (χ0v) is 12.4. The summed E-state index contributed by atoms with van der Waals surface area (Å²) in [6.45, 7) is 0.649. The zero-order valence-electron chi connectivity index (χ0n) is 12.4. The van der Waals surface area contributed by atoms with E-state index in [9.17, 15) is 29.3 Å². The van der Waals surface area contributed by atoms with Crippen LogP contribution >= 0.6 is 0 Å². The van der Waals surface area contributed by atoms with Crippen molar-refractivity contribution in [3.8, 4) is 0 Å². The number of non-ortho nitro benzene ring substituents is 1. The van der Waals surface area contributed by atoms with Gasteiger partial charge in [0.15, 0.2) is 0 Å².